The first kappa shape index (κ1) is 19.4. The lowest BCUT2D eigenvalue weighted by Gasteiger charge is -2.33. The minimum Gasteiger partial charge on any atom is -0.343 e. The van der Waals surface area contributed by atoms with Gasteiger partial charge in [0.25, 0.3) is 0 Å². The monoisotopic (exact) mass is 383 g/mol. The van der Waals surface area contributed by atoms with Gasteiger partial charge in [-0.2, -0.15) is 0 Å². The maximum absolute atomic E-state index is 13.0. The number of carbonyl (C=O) groups is 2. The fourth-order valence-electron chi connectivity index (χ4n) is 4.56. The van der Waals surface area contributed by atoms with E-state index in [4.69, 9.17) is 0 Å². The summed E-state index contributed by atoms with van der Waals surface area (Å²) < 4.78 is 0. The molecule has 0 atom stereocenters. The minimum atomic E-state index is 0.262. The molecule has 3 aliphatic rings. The number of amides is 2. The third kappa shape index (κ3) is 5.13. The van der Waals surface area contributed by atoms with Gasteiger partial charge in [0.05, 0.1) is 6.54 Å². The summed E-state index contributed by atoms with van der Waals surface area (Å²) in [4.78, 5) is 31.7. The highest BCUT2D eigenvalue weighted by Crippen LogP contribution is 2.29. The number of carbonyl (C=O) groups excluding carboxylic acids is 2. The topological polar surface area (TPSA) is 43.9 Å². The highest BCUT2D eigenvalue weighted by molar-refractivity contribution is 5.79. The molecule has 0 N–H and O–H groups in total. The van der Waals surface area contributed by atoms with Crippen LogP contribution < -0.4 is 0 Å². The van der Waals surface area contributed by atoms with Gasteiger partial charge in [0.1, 0.15) is 0 Å². The summed E-state index contributed by atoms with van der Waals surface area (Å²) in [5.74, 6) is 1.09. The number of piperidine rings is 1. The van der Waals surface area contributed by atoms with E-state index in [2.05, 4.69) is 21.9 Å². The maximum atomic E-state index is 13.0. The van der Waals surface area contributed by atoms with E-state index in [0.717, 1.165) is 71.2 Å². The summed E-state index contributed by atoms with van der Waals surface area (Å²) >= 11 is 0. The zero-order chi connectivity index (χ0) is 19.3. The Kier molecular flexibility index (Phi) is 6.30. The molecule has 2 amide bonds. The molecule has 0 aromatic heterocycles. The van der Waals surface area contributed by atoms with Crippen LogP contribution in [0, 0.1) is 5.92 Å². The van der Waals surface area contributed by atoms with Crippen molar-refractivity contribution in [3.63, 3.8) is 0 Å². The van der Waals surface area contributed by atoms with Crippen LogP contribution in [0.3, 0.4) is 0 Å². The summed E-state index contributed by atoms with van der Waals surface area (Å²) in [5.41, 5.74) is 1.21. The molecule has 5 nitrogen and oxygen atoms in total. The van der Waals surface area contributed by atoms with Gasteiger partial charge in [-0.3, -0.25) is 14.5 Å². The van der Waals surface area contributed by atoms with Crippen molar-refractivity contribution in [2.45, 2.75) is 57.5 Å². The molecular formula is C23H33N3O2. The van der Waals surface area contributed by atoms with Gasteiger partial charge in [0.15, 0.2) is 0 Å². The molecule has 3 fully saturated rings. The predicted molar refractivity (Wildman–Crippen MR) is 110 cm³/mol. The second-order valence-corrected chi connectivity index (χ2v) is 8.75. The van der Waals surface area contributed by atoms with Crippen molar-refractivity contribution < 1.29 is 9.59 Å². The number of rotatable bonds is 7. The lowest BCUT2D eigenvalue weighted by molar-refractivity contribution is -0.135. The van der Waals surface area contributed by atoms with Gasteiger partial charge in [-0.25, -0.2) is 0 Å². The second kappa shape index (κ2) is 9.08. The molecule has 0 unspecified atom stereocenters. The van der Waals surface area contributed by atoms with Crippen molar-refractivity contribution in [1.29, 1.82) is 0 Å². The molecule has 2 saturated heterocycles. The largest absolute Gasteiger partial charge is 0.343 e. The second-order valence-electron chi connectivity index (χ2n) is 8.75. The molecule has 2 aliphatic heterocycles. The number of likely N-dealkylation sites (tertiary alicyclic amines) is 2. The van der Waals surface area contributed by atoms with E-state index >= 15 is 0 Å². The molecule has 1 aliphatic carbocycles. The summed E-state index contributed by atoms with van der Waals surface area (Å²) in [7, 11) is 0. The molecule has 0 bridgehead atoms. The van der Waals surface area contributed by atoms with Gasteiger partial charge in [0.2, 0.25) is 11.8 Å². The van der Waals surface area contributed by atoms with Crippen molar-refractivity contribution in [3.05, 3.63) is 35.9 Å². The SMILES string of the molecule is O=C(CC1CCN(CC(=O)N(Cc2ccccc2)C2CC2)CC1)N1CCCC1. The number of benzene rings is 1. The Bertz CT molecular complexity index is 660. The first-order valence-corrected chi connectivity index (χ1v) is 11.0. The van der Waals surface area contributed by atoms with Crippen LogP contribution in [-0.4, -0.2) is 65.3 Å². The van der Waals surface area contributed by atoms with Crippen LogP contribution in [0.5, 0.6) is 0 Å². The number of hydrogen-bond donors (Lipinski definition) is 0. The Hall–Kier alpha value is -1.88. The Morgan fingerprint density at radius 1 is 0.929 bits per heavy atom. The lowest BCUT2D eigenvalue weighted by atomic mass is 9.93. The zero-order valence-corrected chi connectivity index (χ0v) is 16.9. The van der Waals surface area contributed by atoms with Gasteiger partial charge < -0.3 is 9.80 Å². The van der Waals surface area contributed by atoms with Crippen LogP contribution in [0.2, 0.25) is 0 Å². The van der Waals surface area contributed by atoms with Gasteiger partial charge in [-0.15, -0.1) is 0 Å². The van der Waals surface area contributed by atoms with E-state index in [-0.39, 0.29) is 5.91 Å². The first-order chi connectivity index (χ1) is 13.7. The standard InChI is InChI=1S/C23H33N3O2/c27-22(25-12-4-5-13-25)16-19-10-14-24(15-11-19)18-23(28)26(21-8-9-21)17-20-6-2-1-3-7-20/h1-3,6-7,19,21H,4-5,8-18H2. The Morgan fingerprint density at radius 2 is 1.61 bits per heavy atom. The van der Waals surface area contributed by atoms with Crippen LogP contribution in [0.1, 0.15) is 50.5 Å². The van der Waals surface area contributed by atoms with Crippen molar-refractivity contribution in [1.82, 2.24) is 14.7 Å². The van der Waals surface area contributed by atoms with Crippen LogP contribution >= 0.6 is 0 Å². The third-order valence-corrected chi connectivity index (χ3v) is 6.49. The molecule has 152 valence electrons. The first-order valence-electron chi connectivity index (χ1n) is 11.0. The van der Waals surface area contributed by atoms with Crippen molar-refractivity contribution >= 4 is 11.8 Å². The molecule has 1 aromatic carbocycles. The van der Waals surface area contributed by atoms with E-state index in [1.165, 1.54) is 5.56 Å². The predicted octanol–water partition coefficient (Wildman–Crippen LogP) is 2.90. The van der Waals surface area contributed by atoms with Gasteiger partial charge in [-0.1, -0.05) is 30.3 Å². The smallest absolute Gasteiger partial charge is 0.237 e. The zero-order valence-electron chi connectivity index (χ0n) is 16.9. The van der Waals surface area contributed by atoms with Gasteiger partial charge in [-0.05, 0) is 63.1 Å². The third-order valence-electron chi connectivity index (χ3n) is 6.49. The lowest BCUT2D eigenvalue weighted by Crippen LogP contribution is -2.44. The minimum absolute atomic E-state index is 0.262. The summed E-state index contributed by atoms with van der Waals surface area (Å²) in [6.45, 7) is 5.03. The Balaban J connectivity index is 1.23. The van der Waals surface area contributed by atoms with Gasteiger partial charge in [0, 0.05) is 32.1 Å². The number of hydrogen-bond acceptors (Lipinski definition) is 3. The summed E-state index contributed by atoms with van der Waals surface area (Å²) in [6, 6.07) is 10.7. The average molecular weight is 384 g/mol. The molecule has 2 heterocycles. The van der Waals surface area contributed by atoms with Crippen LogP contribution in [0.25, 0.3) is 0 Å². The van der Waals surface area contributed by atoms with Crippen LogP contribution in [0.4, 0.5) is 0 Å². The molecule has 4 rings (SSSR count). The Morgan fingerprint density at radius 3 is 2.25 bits per heavy atom. The highest BCUT2D eigenvalue weighted by Gasteiger charge is 2.34. The average Bonchev–Trinajstić information content (AvgIpc) is 3.40. The van der Waals surface area contributed by atoms with Gasteiger partial charge >= 0.3 is 0 Å². The fraction of sp³-hybridized carbons (Fsp3) is 0.652. The van der Waals surface area contributed by atoms with E-state index in [1.807, 2.05) is 23.1 Å². The van der Waals surface area contributed by atoms with Crippen molar-refractivity contribution in [2.75, 3.05) is 32.7 Å². The molecule has 1 saturated carbocycles. The molecule has 1 aromatic rings. The van der Waals surface area contributed by atoms with Crippen molar-refractivity contribution in [2.24, 2.45) is 5.92 Å². The van der Waals surface area contributed by atoms with E-state index < -0.39 is 0 Å². The van der Waals surface area contributed by atoms with E-state index in [0.29, 0.717) is 30.8 Å². The fourth-order valence-corrected chi connectivity index (χ4v) is 4.56. The Labute approximate surface area is 168 Å². The maximum Gasteiger partial charge on any atom is 0.237 e. The normalized spacial score (nSPS) is 21.1. The molecule has 5 heteroatoms. The van der Waals surface area contributed by atoms with E-state index in [1.54, 1.807) is 0 Å². The number of nitrogens with zero attached hydrogens (tertiary/aromatic N) is 3. The van der Waals surface area contributed by atoms with Crippen LogP contribution in [-0.2, 0) is 16.1 Å². The summed E-state index contributed by atoms with van der Waals surface area (Å²) in [6.07, 6.45) is 7.37. The van der Waals surface area contributed by atoms with E-state index in [9.17, 15) is 9.59 Å². The molecule has 28 heavy (non-hydrogen) atoms. The summed E-state index contributed by atoms with van der Waals surface area (Å²) in [5, 5.41) is 0. The quantitative estimate of drug-likeness (QED) is 0.727. The van der Waals surface area contributed by atoms with Crippen molar-refractivity contribution in [3.8, 4) is 0 Å². The highest BCUT2D eigenvalue weighted by atomic mass is 16.2. The molecule has 0 spiro atoms. The molecular weight excluding hydrogens is 350 g/mol. The van der Waals surface area contributed by atoms with Crippen LogP contribution in [0.15, 0.2) is 30.3 Å². The molecule has 0 radical (unpaired) electrons.